The van der Waals surface area contributed by atoms with Gasteiger partial charge >= 0.3 is 0 Å². The summed E-state index contributed by atoms with van der Waals surface area (Å²) in [5, 5.41) is 0.608. The van der Waals surface area contributed by atoms with Gasteiger partial charge in [0.25, 0.3) is 0 Å². The average molecular weight is 246 g/mol. The number of halogens is 2. The van der Waals surface area contributed by atoms with Crippen LogP contribution in [0.3, 0.4) is 0 Å². The predicted molar refractivity (Wildman–Crippen MR) is 51.5 cm³/mol. The molecule has 0 amide bonds. The van der Waals surface area contributed by atoms with Gasteiger partial charge in [-0.05, 0) is 12.1 Å². The Morgan fingerprint density at radius 2 is 2.25 bits per heavy atom. The van der Waals surface area contributed by atoms with E-state index in [1.807, 2.05) is 6.07 Å². The number of hydrogen-bond donors (Lipinski definition) is 0. The maximum atomic E-state index is 5.92. The smallest absolute Gasteiger partial charge is 0.192 e. The Labute approximate surface area is 82.7 Å². The largest absolute Gasteiger partial charge is 0.441 e. The van der Waals surface area contributed by atoms with Crippen LogP contribution in [-0.2, 0) is 0 Å². The highest BCUT2D eigenvalue weighted by Gasteiger charge is 2.06. The number of aromatic nitrogens is 1. The fourth-order valence-corrected chi connectivity index (χ4v) is 1.89. The molecule has 12 heavy (non-hydrogen) atoms. The molecule has 0 aliphatic rings. The van der Waals surface area contributed by atoms with Crippen molar-refractivity contribution in [3.05, 3.63) is 27.5 Å². The van der Waals surface area contributed by atoms with Crippen LogP contribution in [0.2, 0.25) is 5.02 Å². The van der Waals surface area contributed by atoms with E-state index in [-0.39, 0.29) is 0 Å². The van der Waals surface area contributed by atoms with Gasteiger partial charge in [0, 0.05) is 11.4 Å². The lowest BCUT2D eigenvalue weighted by atomic mass is 10.3. The van der Waals surface area contributed by atoms with Crippen molar-refractivity contribution in [3.8, 4) is 0 Å². The number of benzene rings is 1. The normalized spacial score (nSPS) is 10.9. The van der Waals surface area contributed by atoms with Gasteiger partial charge < -0.3 is 4.42 Å². The molecule has 0 fully saturated rings. The van der Waals surface area contributed by atoms with E-state index in [4.69, 9.17) is 16.0 Å². The lowest BCUT2D eigenvalue weighted by Gasteiger charge is -1.91. The first-order chi connectivity index (χ1) is 5.66. The maximum Gasteiger partial charge on any atom is 0.192 e. The van der Waals surface area contributed by atoms with Crippen molar-refractivity contribution in [3.63, 3.8) is 0 Å². The summed E-state index contributed by atoms with van der Waals surface area (Å²) >= 11 is 9.24. The summed E-state index contributed by atoms with van der Waals surface area (Å²) in [4.78, 5) is 4.13. The topological polar surface area (TPSA) is 26.0 Å². The molecule has 0 radical (unpaired) electrons. The lowest BCUT2D eigenvalue weighted by Crippen LogP contribution is -1.71. The molecular weight excluding hydrogens is 241 g/mol. The molecular formula is C8H5BrClNO. The molecule has 0 spiro atoms. The van der Waals surface area contributed by atoms with Crippen LogP contribution >= 0.6 is 27.5 Å². The Balaban J connectivity index is 2.88. The van der Waals surface area contributed by atoms with Gasteiger partial charge in [-0.15, -0.1) is 0 Å². The third-order valence-electron chi connectivity index (χ3n) is 1.52. The lowest BCUT2D eigenvalue weighted by molar-refractivity contribution is 0.561. The first-order valence-corrected chi connectivity index (χ1v) is 4.56. The molecule has 62 valence electrons. The Morgan fingerprint density at radius 1 is 1.50 bits per heavy atom. The molecule has 0 aliphatic heterocycles. The van der Waals surface area contributed by atoms with Crippen LogP contribution in [0.1, 0.15) is 5.89 Å². The number of nitrogens with zero attached hydrogens (tertiary/aromatic N) is 1. The van der Waals surface area contributed by atoms with Gasteiger partial charge in [0.05, 0.1) is 5.02 Å². The minimum atomic E-state index is 0.608. The fraction of sp³-hybridized carbons (Fsp3) is 0.125. The van der Waals surface area contributed by atoms with E-state index < -0.39 is 0 Å². The third kappa shape index (κ3) is 1.23. The SMILES string of the molecule is Cc1nc2c(Cl)cc(Br)cc2o1. The Hall–Kier alpha value is -0.540. The number of oxazole rings is 1. The monoisotopic (exact) mass is 245 g/mol. The Bertz CT molecular complexity index is 438. The van der Waals surface area contributed by atoms with Crippen molar-refractivity contribution >= 4 is 38.6 Å². The van der Waals surface area contributed by atoms with Crippen LogP contribution in [0.4, 0.5) is 0 Å². The molecule has 1 aromatic heterocycles. The van der Waals surface area contributed by atoms with Crippen molar-refractivity contribution in [2.45, 2.75) is 6.92 Å². The highest BCUT2D eigenvalue weighted by molar-refractivity contribution is 9.10. The molecule has 0 saturated carbocycles. The Kier molecular flexibility index (Phi) is 1.85. The molecule has 4 heteroatoms. The third-order valence-corrected chi connectivity index (χ3v) is 2.27. The standard InChI is InChI=1S/C8H5BrClNO/c1-4-11-8-6(10)2-5(9)3-7(8)12-4/h2-3H,1H3. The number of aryl methyl sites for hydroxylation is 1. The molecule has 2 nitrogen and oxygen atoms in total. The highest BCUT2D eigenvalue weighted by atomic mass is 79.9. The first kappa shape index (κ1) is 8.08. The molecule has 0 N–H and O–H groups in total. The quantitative estimate of drug-likeness (QED) is 0.710. The zero-order chi connectivity index (χ0) is 8.72. The first-order valence-electron chi connectivity index (χ1n) is 3.39. The molecule has 1 aromatic carbocycles. The van der Waals surface area contributed by atoms with Crippen LogP contribution in [0, 0.1) is 6.92 Å². The van der Waals surface area contributed by atoms with Gasteiger partial charge in [0.1, 0.15) is 5.52 Å². The van der Waals surface area contributed by atoms with E-state index in [0.717, 1.165) is 9.99 Å². The van der Waals surface area contributed by atoms with Crippen LogP contribution in [-0.4, -0.2) is 4.98 Å². The second-order valence-electron chi connectivity index (χ2n) is 2.47. The number of rotatable bonds is 0. The molecule has 0 aliphatic carbocycles. The van der Waals surface area contributed by atoms with Crippen LogP contribution in [0.15, 0.2) is 21.0 Å². The Morgan fingerprint density at radius 3 is 3.00 bits per heavy atom. The van der Waals surface area contributed by atoms with Crippen LogP contribution < -0.4 is 0 Å². The molecule has 2 rings (SSSR count). The highest BCUT2D eigenvalue weighted by Crippen LogP contribution is 2.27. The zero-order valence-corrected chi connectivity index (χ0v) is 8.61. The van der Waals surface area contributed by atoms with Crippen molar-refractivity contribution < 1.29 is 4.42 Å². The second kappa shape index (κ2) is 2.75. The van der Waals surface area contributed by atoms with E-state index in [0.29, 0.717) is 16.5 Å². The zero-order valence-electron chi connectivity index (χ0n) is 6.27. The van der Waals surface area contributed by atoms with Gasteiger partial charge in [-0.3, -0.25) is 0 Å². The van der Waals surface area contributed by atoms with E-state index in [2.05, 4.69) is 20.9 Å². The van der Waals surface area contributed by atoms with Crippen molar-refractivity contribution in [2.24, 2.45) is 0 Å². The average Bonchev–Trinajstić information content (AvgIpc) is 2.29. The fourth-order valence-electron chi connectivity index (χ4n) is 1.07. The van der Waals surface area contributed by atoms with E-state index in [9.17, 15) is 0 Å². The second-order valence-corrected chi connectivity index (χ2v) is 3.79. The number of hydrogen-bond acceptors (Lipinski definition) is 2. The summed E-state index contributed by atoms with van der Waals surface area (Å²) in [7, 11) is 0. The van der Waals surface area contributed by atoms with Crippen molar-refractivity contribution in [1.29, 1.82) is 0 Å². The van der Waals surface area contributed by atoms with Gasteiger partial charge in [-0.25, -0.2) is 4.98 Å². The summed E-state index contributed by atoms with van der Waals surface area (Å²) in [6.45, 7) is 1.80. The van der Waals surface area contributed by atoms with Crippen LogP contribution in [0.5, 0.6) is 0 Å². The van der Waals surface area contributed by atoms with Crippen molar-refractivity contribution in [2.75, 3.05) is 0 Å². The predicted octanol–water partition coefficient (Wildman–Crippen LogP) is 3.55. The minimum absolute atomic E-state index is 0.608. The van der Waals surface area contributed by atoms with Gasteiger partial charge in [-0.2, -0.15) is 0 Å². The molecule has 0 atom stereocenters. The van der Waals surface area contributed by atoms with Gasteiger partial charge in [0.2, 0.25) is 0 Å². The van der Waals surface area contributed by atoms with E-state index in [1.165, 1.54) is 0 Å². The molecule has 1 heterocycles. The molecule has 2 aromatic rings. The maximum absolute atomic E-state index is 5.92. The molecule has 0 saturated heterocycles. The van der Waals surface area contributed by atoms with Crippen LogP contribution in [0.25, 0.3) is 11.1 Å². The molecule has 0 unspecified atom stereocenters. The summed E-state index contributed by atoms with van der Waals surface area (Å²) in [6, 6.07) is 3.65. The van der Waals surface area contributed by atoms with Gasteiger partial charge in [0.15, 0.2) is 11.5 Å². The summed E-state index contributed by atoms with van der Waals surface area (Å²) < 4.78 is 6.20. The van der Waals surface area contributed by atoms with E-state index in [1.54, 1.807) is 13.0 Å². The summed E-state index contributed by atoms with van der Waals surface area (Å²) in [5.41, 5.74) is 1.43. The van der Waals surface area contributed by atoms with Gasteiger partial charge in [-0.1, -0.05) is 27.5 Å². The number of fused-ring (bicyclic) bond motifs is 1. The minimum Gasteiger partial charge on any atom is -0.441 e. The summed E-state index contributed by atoms with van der Waals surface area (Å²) in [5.74, 6) is 0.630. The summed E-state index contributed by atoms with van der Waals surface area (Å²) in [6.07, 6.45) is 0. The molecule has 0 bridgehead atoms. The van der Waals surface area contributed by atoms with E-state index >= 15 is 0 Å². The van der Waals surface area contributed by atoms with Crippen molar-refractivity contribution in [1.82, 2.24) is 4.98 Å².